The Morgan fingerprint density at radius 2 is 1.88 bits per heavy atom. The Kier molecular flexibility index (Phi) is 7.59. The summed E-state index contributed by atoms with van der Waals surface area (Å²) in [7, 11) is 0. The molecule has 176 valence electrons. The van der Waals surface area contributed by atoms with Crippen LogP contribution in [0.1, 0.15) is 26.2 Å². The number of rotatable bonds is 9. The number of anilines is 1. The van der Waals surface area contributed by atoms with Gasteiger partial charge in [-0.1, -0.05) is 18.2 Å². The summed E-state index contributed by atoms with van der Waals surface area (Å²) >= 11 is 1.37. The van der Waals surface area contributed by atoms with E-state index < -0.39 is 47.2 Å². The molecule has 1 aromatic carbocycles. The predicted octanol–water partition coefficient (Wildman–Crippen LogP) is 1.19. The van der Waals surface area contributed by atoms with E-state index in [1.807, 2.05) is 0 Å². The number of fused-ring (bicyclic) bond motifs is 1. The first kappa shape index (κ1) is 24.1. The molecule has 3 rings (SSSR count). The smallest absolute Gasteiger partial charge is 0.352 e. The van der Waals surface area contributed by atoms with Gasteiger partial charge < -0.3 is 26.2 Å². The van der Waals surface area contributed by atoms with Crippen LogP contribution in [0.2, 0.25) is 0 Å². The van der Waals surface area contributed by atoms with Crippen LogP contribution >= 0.6 is 11.8 Å². The van der Waals surface area contributed by atoms with E-state index in [0.29, 0.717) is 17.0 Å². The molecule has 1 saturated heterocycles. The van der Waals surface area contributed by atoms with Gasteiger partial charge in [0.15, 0.2) is 0 Å². The highest BCUT2D eigenvalue weighted by atomic mass is 32.2. The molecule has 1 aromatic rings. The van der Waals surface area contributed by atoms with Crippen LogP contribution in [-0.4, -0.2) is 68.1 Å². The van der Waals surface area contributed by atoms with Crippen molar-refractivity contribution >= 4 is 47.2 Å². The van der Waals surface area contributed by atoms with Gasteiger partial charge in [-0.25, -0.2) is 14.4 Å². The lowest BCUT2D eigenvalue weighted by Gasteiger charge is -2.49. The number of thioether (sulfide) groups is 1. The SMILES string of the molecule is CC1=C(C(=O)O)N2C(=O)C(NC(=O)CCCC(NC(=O)Nc3ccccc3)C(=O)O)C2SC1. The number of benzene rings is 1. The summed E-state index contributed by atoms with van der Waals surface area (Å²) in [5, 5.41) is 25.7. The molecule has 4 amide bonds. The number of nitrogens with one attached hydrogen (secondary N) is 3. The second kappa shape index (κ2) is 10.4. The van der Waals surface area contributed by atoms with Crippen molar-refractivity contribution < 1.29 is 34.2 Å². The predicted molar refractivity (Wildman–Crippen MR) is 119 cm³/mol. The van der Waals surface area contributed by atoms with Crippen LogP contribution in [0.5, 0.6) is 0 Å². The molecule has 5 N–H and O–H groups in total. The Morgan fingerprint density at radius 1 is 1.18 bits per heavy atom. The molecule has 0 saturated carbocycles. The Hall–Kier alpha value is -3.54. The van der Waals surface area contributed by atoms with Crippen molar-refractivity contribution in [1.29, 1.82) is 0 Å². The van der Waals surface area contributed by atoms with E-state index in [1.54, 1.807) is 37.3 Å². The van der Waals surface area contributed by atoms with Gasteiger partial charge in [-0.3, -0.25) is 14.5 Å². The minimum atomic E-state index is -1.23. The fourth-order valence-corrected chi connectivity index (χ4v) is 4.88. The summed E-state index contributed by atoms with van der Waals surface area (Å²) in [6, 6.07) is 5.84. The maximum atomic E-state index is 12.4. The van der Waals surface area contributed by atoms with Gasteiger partial charge in [0.2, 0.25) is 5.91 Å². The molecule has 0 aliphatic carbocycles. The molecule has 0 aromatic heterocycles. The largest absolute Gasteiger partial charge is 0.480 e. The van der Waals surface area contributed by atoms with E-state index >= 15 is 0 Å². The molecule has 3 atom stereocenters. The van der Waals surface area contributed by atoms with Crippen molar-refractivity contribution in [1.82, 2.24) is 15.5 Å². The van der Waals surface area contributed by atoms with Crippen molar-refractivity contribution in [2.45, 2.75) is 43.6 Å². The molecule has 2 heterocycles. The van der Waals surface area contributed by atoms with Crippen molar-refractivity contribution in [2.75, 3.05) is 11.1 Å². The number of β-lactam (4-membered cyclic amide) rings is 1. The monoisotopic (exact) mass is 476 g/mol. The van der Waals surface area contributed by atoms with Crippen molar-refractivity contribution in [2.24, 2.45) is 0 Å². The van der Waals surface area contributed by atoms with Crippen LogP contribution in [0.15, 0.2) is 41.6 Å². The highest BCUT2D eigenvalue weighted by molar-refractivity contribution is 8.00. The van der Waals surface area contributed by atoms with E-state index in [-0.39, 0.29) is 25.0 Å². The molecule has 12 heteroatoms. The molecule has 0 spiro atoms. The van der Waals surface area contributed by atoms with Crippen LogP contribution in [-0.2, 0) is 19.2 Å². The quantitative estimate of drug-likeness (QED) is 0.332. The number of carboxylic acids is 2. The number of carbonyl (C=O) groups excluding carboxylic acids is 3. The van der Waals surface area contributed by atoms with Crippen LogP contribution in [0.4, 0.5) is 10.5 Å². The van der Waals surface area contributed by atoms with Gasteiger partial charge in [0.25, 0.3) is 5.91 Å². The normalized spacial score (nSPS) is 20.3. The van der Waals surface area contributed by atoms with Crippen LogP contribution < -0.4 is 16.0 Å². The summed E-state index contributed by atoms with van der Waals surface area (Å²) in [5.41, 5.74) is 1.05. The third-order valence-corrected chi connectivity index (χ3v) is 6.63. The second-order valence-electron chi connectivity index (χ2n) is 7.64. The first-order valence-corrected chi connectivity index (χ1v) is 11.3. The lowest BCUT2D eigenvalue weighted by molar-refractivity contribution is -0.150. The zero-order valence-electron chi connectivity index (χ0n) is 17.7. The first-order chi connectivity index (χ1) is 15.7. The third kappa shape index (κ3) is 5.64. The number of hydrogen-bond acceptors (Lipinski definition) is 6. The molecule has 33 heavy (non-hydrogen) atoms. The van der Waals surface area contributed by atoms with Crippen LogP contribution in [0, 0.1) is 0 Å². The van der Waals surface area contributed by atoms with E-state index in [9.17, 15) is 34.2 Å². The van der Waals surface area contributed by atoms with Crippen LogP contribution in [0.25, 0.3) is 0 Å². The number of amides is 4. The standard InChI is InChI=1S/C21H24N4O7S/c1-11-10-33-18-15(17(27)25(18)16(11)20(30)31)24-14(26)9-5-8-13(19(28)29)23-21(32)22-12-6-3-2-4-7-12/h2-4,6-7,13,15,18H,5,8-10H2,1H3,(H,24,26)(H,28,29)(H,30,31)(H2,22,23,32). The van der Waals surface area contributed by atoms with Crippen molar-refractivity contribution in [3.63, 3.8) is 0 Å². The van der Waals surface area contributed by atoms with E-state index in [0.717, 1.165) is 0 Å². The zero-order valence-corrected chi connectivity index (χ0v) is 18.6. The molecule has 2 aliphatic heterocycles. The van der Waals surface area contributed by atoms with E-state index in [2.05, 4.69) is 16.0 Å². The van der Waals surface area contributed by atoms with Crippen molar-refractivity contribution in [3.05, 3.63) is 41.6 Å². The van der Waals surface area contributed by atoms with Gasteiger partial charge in [-0.05, 0) is 37.5 Å². The van der Waals surface area contributed by atoms with Gasteiger partial charge in [-0.2, -0.15) is 0 Å². The Morgan fingerprint density at radius 3 is 2.52 bits per heavy atom. The average Bonchev–Trinajstić information content (AvgIpc) is 2.76. The van der Waals surface area contributed by atoms with Gasteiger partial charge >= 0.3 is 18.0 Å². The maximum Gasteiger partial charge on any atom is 0.352 e. The highest BCUT2D eigenvalue weighted by Gasteiger charge is 2.53. The Balaban J connectivity index is 1.45. The van der Waals surface area contributed by atoms with Crippen LogP contribution in [0.3, 0.4) is 0 Å². The number of nitrogens with zero attached hydrogens (tertiary/aromatic N) is 1. The van der Waals surface area contributed by atoms with Gasteiger partial charge in [-0.15, -0.1) is 11.8 Å². The average molecular weight is 477 g/mol. The third-order valence-electron chi connectivity index (χ3n) is 5.21. The fourth-order valence-electron chi connectivity index (χ4n) is 3.59. The number of carboxylic acid groups (broad SMARTS) is 2. The van der Waals surface area contributed by atoms with Gasteiger partial charge in [0.05, 0.1) is 0 Å². The van der Waals surface area contributed by atoms with Gasteiger partial charge in [0, 0.05) is 17.9 Å². The minimum absolute atomic E-state index is 0.0129. The van der Waals surface area contributed by atoms with E-state index in [4.69, 9.17) is 0 Å². The lowest BCUT2D eigenvalue weighted by atomic mass is 10.0. The summed E-state index contributed by atoms with van der Waals surface area (Å²) in [6.45, 7) is 1.65. The number of aliphatic carboxylic acids is 2. The number of urea groups is 1. The number of hydrogen-bond donors (Lipinski definition) is 5. The topological polar surface area (TPSA) is 165 Å². The molecular weight excluding hydrogens is 452 g/mol. The minimum Gasteiger partial charge on any atom is -0.480 e. The molecule has 11 nitrogen and oxygen atoms in total. The lowest BCUT2D eigenvalue weighted by Crippen LogP contribution is -2.70. The Labute approximate surface area is 193 Å². The van der Waals surface area contributed by atoms with E-state index in [1.165, 1.54) is 16.7 Å². The zero-order chi connectivity index (χ0) is 24.1. The molecular formula is C21H24N4O7S. The summed E-state index contributed by atoms with van der Waals surface area (Å²) < 4.78 is 0. The summed E-state index contributed by atoms with van der Waals surface area (Å²) in [6.07, 6.45) is 0.128. The fraction of sp³-hybridized carbons (Fsp3) is 0.381. The van der Waals surface area contributed by atoms with Crippen molar-refractivity contribution in [3.8, 4) is 0 Å². The maximum absolute atomic E-state index is 12.4. The summed E-state index contributed by atoms with van der Waals surface area (Å²) in [4.78, 5) is 60.8. The number of carbonyl (C=O) groups is 5. The molecule has 0 radical (unpaired) electrons. The summed E-state index contributed by atoms with van der Waals surface area (Å²) in [5.74, 6) is -2.90. The molecule has 0 bridgehead atoms. The number of para-hydroxylation sites is 1. The molecule has 3 unspecified atom stereocenters. The second-order valence-corrected chi connectivity index (χ2v) is 8.74. The highest BCUT2D eigenvalue weighted by Crippen LogP contribution is 2.40. The van der Waals surface area contributed by atoms with Gasteiger partial charge in [0.1, 0.15) is 23.2 Å². The molecule has 2 aliphatic rings. The first-order valence-electron chi connectivity index (χ1n) is 10.2. The molecule has 1 fully saturated rings. The Bertz CT molecular complexity index is 998.